The molecule has 6 nitrogen and oxygen atoms in total. The van der Waals surface area contributed by atoms with Gasteiger partial charge < -0.3 is 10.3 Å². The molecule has 0 saturated heterocycles. The topological polar surface area (TPSA) is 78.7 Å². The van der Waals surface area contributed by atoms with Gasteiger partial charge in [0.25, 0.3) is 0 Å². The van der Waals surface area contributed by atoms with Crippen LogP contribution in [0.25, 0.3) is 0 Å². The number of carbonyl (C=O) groups is 1. The highest BCUT2D eigenvalue weighted by Crippen LogP contribution is 2.39. The van der Waals surface area contributed by atoms with Gasteiger partial charge in [-0.1, -0.05) is 18.7 Å². The van der Waals surface area contributed by atoms with Crippen LogP contribution in [0.15, 0.2) is 11.2 Å². The van der Waals surface area contributed by atoms with Crippen LogP contribution in [0.3, 0.4) is 0 Å². The zero-order valence-corrected chi connectivity index (χ0v) is 14.7. The lowest BCUT2D eigenvalue weighted by Gasteiger charge is -2.08. The third kappa shape index (κ3) is 3.15. The van der Waals surface area contributed by atoms with Gasteiger partial charge in [-0.25, -0.2) is 0 Å². The molecule has 7 heteroatoms. The minimum atomic E-state index is 0.134. The molecule has 2 N–H and O–H groups in total. The van der Waals surface area contributed by atoms with Crippen LogP contribution in [0, 0.1) is 13.8 Å². The summed E-state index contributed by atoms with van der Waals surface area (Å²) in [6.45, 7) is 7.16. The maximum atomic E-state index is 12.6. The molecule has 1 saturated carbocycles. The van der Waals surface area contributed by atoms with Gasteiger partial charge in [0.15, 0.2) is 10.9 Å². The van der Waals surface area contributed by atoms with Crippen LogP contribution >= 0.6 is 11.8 Å². The van der Waals surface area contributed by atoms with Gasteiger partial charge in [-0.2, -0.15) is 0 Å². The van der Waals surface area contributed by atoms with Crippen molar-refractivity contribution in [3.8, 4) is 0 Å². The van der Waals surface area contributed by atoms with Gasteiger partial charge in [-0.05, 0) is 39.2 Å². The van der Waals surface area contributed by atoms with Crippen molar-refractivity contribution >= 4 is 23.5 Å². The number of Topliss-reactive ketones (excluding diaryl/α,β-unsaturated/α-hetero) is 1. The lowest BCUT2D eigenvalue weighted by molar-refractivity contribution is 0.102. The van der Waals surface area contributed by atoms with Crippen molar-refractivity contribution in [2.75, 3.05) is 11.5 Å². The number of nitrogens with two attached hydrogens (primary N) is 1. The average Bonchev–Trinajstić information content (AvgIpc) is 3.24. The molecule has 0 bridgehead atoms. The molecule has 0 spiro atoms. The average molecular weight is 333 g/mol. The van der Waals surface area contributed by atoms with Crippen LogP contribution in [-0.2, 0) is 6.54 Å². The lowest BCUT2D eigenvalue weighted by atomic mass is 10.2. The zero-order chi connectivity index (χ0) is 16.6. The Morgan fingerprint density at radius 2 is 2.13 bits per heavy atom. The Balaban J connectivity index is 1.72. The van der Waals surface area contributed by atoms with Crippen LogP contribution in [-0.4, -0.2) is 30.9 Å². The first-order valence-electron chi connectivity index (χ1n) is 8.06. The smallest absolute Gasteiger partial charge is 0.222 e. The molecule has 0 aliphatic heterocycles. The first kappa shape index (κ1) is 16.1. The fourth-order valence-corrected chi connectivity index (χ4v) is 3.82. The predicted molar refractivity (Wildman–Crippen MR) is 92.0 cm³/mol. The quantitative estimate of drug-likeness (QED) is 0.622. The molecule has 0 atom stereocenters. The number of ketones is 1. The van der Waals surface area contributed by atoms with Crippen molar-refractivity contribution in [1.82, 2.24) is 19.3 Å². The summed E-state index contributed by atoms with van der Waals surface area (Å²) in [5.74, 6) is 0.944. The fourth-order valence-electron chi connectivity index (χ4n) is 2.92. The van der Waals surface area contributed by atoms with Crippen LogP contribution in [0.4, 0.5) is 5.95 Å². The molecule has 2 aromatic heterocycles. The Morgan fingerprint density at radius 1 is 1.39 bits per heavy atom. The number of aromatic nitrogens is 4. The van der Waals surface area contributed by atoms with Crippen LogP contribution in [0.1, 0.15) is 54.0 Å². The van der Waals surface area contributed by atoms with E-state index >= 15 is 0 Å². The number of hydrogen-bond donors (Lipinski definition) is 1. The van der Waals surface area contributed by atoms with Crippen molar-refractivity contribution in [3.05, 3.63) is 23.0 Å². The lowest BCUT2D eigenvalue weighted by Crippen LogP contribution is -2.08. The van der Waals surface area contributed by atoms with Crippen LogP contribution in [0.5, 0.6) is 0 Å². The Hall–Kier alpha value is -1.76. The van der Waals surface area contributed by atoms with Gasteiger partial charge in [0.2, 0.25) is 5.95 Å². The SMILES string of the molecule is CCCn1c(C)cc(C(=O)CSc2nnc(N)n2C2CC2)c1C. The van der Waals surface area contributed by atoms with Gasteiger partial charge in [0, 0.05) is 29.5 Å². The van der Waals surface area contributed by atoms with Crippen LogP contribution < -0.4 is 5.73 Å². The van der Waals surface area contributed by atoms with E-state index in [9.17, 15) is 4.79 Å². The first-order chi connectivity index (χ1) is 11.0. The summed E-state index contributed by atoms with van der Waals surface area (Å²) < 4.78 is 4.17. The molecular weight excluding hydrogens is 310 g/mol. The largest absolute Gasteiger partial charge is 0.368 e. The van der Waals surface area contributed by atoms with E-state index < -0.39 is 0 Å². The molecule has 3 rings (SSSR count). The molecule has 1 fully saturated rings. The molecule has 0 amide bonds. The molecule has 1 aliphatic carbocycles. The summed E-state index contributed by atoms with van der Waals surface area (Å²) in [5.41, 5.74) is 8.88. The van der Waals surface area contributed by atoms with Crippen molar-refractivity contribution < 1.29 is 4.79 Å². The van der Waals surface area contributed by atoms with E-state index in [0.717, 1.165) is 47.9 Å². The van der Waals surface area contributed by atoms with Crippen LogP contribution in [0.2, 0.25) is 0 Å². The van der Waals surface area contributed by atoms with E-state index in [-0.39, 0.29) is 5.78 Å². The highest BCUT2D eigenvalue weighted by atomic mass is 32.2. The highest BCUT2D eigenvalue weighted by molar-refractivity contribution is 7.99. The molecule has 0 aromatic carbocycles. The van der Waals surface area contributed by atoms with Gasteiger partial charge in [-0.3, -0.25) is 9.36 Å². The zero-order valence-electron chi connectivity index (χ0n) is 13.9. The summed E-state index contributed by atoms with van der Waals surface area (Å²) in [5, 5.41) is 8.80. The number of thioether (sulfide) groups is 1. The number of carbonyl (C=O) groups excluding carboxylic acids is 1. The molecule has 2 heterocycles. The van der Waals surface area contributed by atoms with E-state index in [2.05, 4.69) is 28.6 Å². The summed E-state index contributed by atoms with van der Waals surface area (Å²) in [6.07, 6.45) is 3.28. The number of nitrogen functional groups attached to an aromatic ring is 1. The highest BCUT2D eigenvalue weighted by Gasteiger charge is 2.29. The van der Waals surface area contributed by atoms with Crippen molar-refractivity contribution in [3.63, 3.8) is 0 Å². The standard InChI is InChI=1S/C16H23N5OS/c1-4-7-20-10(2)8-13(11(20)3)14(22)9-23-16-19-18-15(17)21(16)12-5-6-12/h8,12H,4-7,9H2,1-3H3,(H2,17,18). The number of nitrogens with zero attached hydrogens (tertiary/aromatic N) is 4. The maximum Gasteiger partial charge on any atom is 0.222 e. The van der Waals surface area contributed by atoms with Gasteiger partial charge in [0.1, 0.15) is 0 Å². The van der Waals surface area contributed by atoms with Crippen molar-refractivity contribution in [2.24, 2.45) is 0 Å². The third-order valence-electron chi connectivity index (χ3n) is 4.26. The summed E-state index contributed by atoms with van der Waals surface area (Å²) in [4.78, 5) is 12.6. The minimum absolute atomic E-state index is 0.134. The van der Waals surface area contributed by atoms with Gasteiger partial charge in [-0.15, -0.1) is 10.2 Å². The summed E-state index contributed by atoms with van der Waals surface area (Å²) in [6, 6.07) is 2.41. The number of rotatable bonds is 7. The molecule has 1 aliphatic rings. The second-order valence-electron chi connectivity index (χ2n) is 6.09. The third-order valence-corrected chi connectivity index (χ3v) is 5.20. The molecule has 0 radical (unpaired) electrons. The molecule has 124 valence electrons. The monoisotopic (exact) mass is 333 g/mol. The van der Waals surface area contributed by atoms with Crippen molar-refractivity contribution in [2.45, 2.75) is 57.8 Å². The second-order valence-corrected chi connectivity index (χ2v) is 7.03. The summed E-state index contributed by atoms with van der Waals surface area (Å²) >= 11 is 1.43. The number of hydrogen-bond acceptors (Lipinski definition) is 5. The Kier molecular flexibility index (Phi) is 4.48. The Morgan fingerprint density at radius 3 is 2.78 bits per heavy atom. The normalized spacial score (nSPS) is 14.4. The van der Waals surface area contributed by atoms with E-state index in [1.165, 1.54) is 11.8 Å². The van der Waals surface area contributed by atoms with E-state index in [4.69, 9.17) is 5.73 Å². The maximum absolute atomic E-state index is 12.6. The van der Waals surface area contributed by atoms with Crippen molar-refractivity contribution in [1.29, 1.82) is 0 Å². The van der Waals surface area contributed by atoms with E-state index in [1.807, 2.05) is 17.6 Å². The molecular formula is C16H23N5OS. The fraction of sp³-hybridized carbons (Fsp3) is 0.562. The molecule has 23 heavy (non-hydrogen) atoms. The minimum Gasteiger partial charge on any atom is -0.368 e. The van der Waals surface area contributed by atoms with E-state index in [1.54, 1.807) is 0 Å². The first-order valence-corrected chi connectivity index (χ1v) is 9.04. The molecule has 2 aromatic rings. The van der Waals surface area contributed by atoms with Gasteiger partial charge >= 0.3 is 0 Å². The number of aryl methyl sites for hydroxylation is 1. The van der Waals surface area contributed by atoms with Gasteiger partial charge in [0.05, 0.1) is 5.75 Å². The molecule has 0 unspecified atom stereocenters. The Labute approximate surface area is 140 Å². The predicted octanol–water partition coefficient (Wildman–Crippen LogP) is 3.00. The second kappa shape index (κ2) is 6.39. The number of anilines is 1. The van der Waals surface area contributed by atoms with E-state index in [0.29, 0.717) is 17.7 Å². The summed E-state index contributed by atoms with van der Waals surface area (Å²) in [7, 11) is 0. The Bertz CT molecular complexity index is 729.